The molecular weight excluding hydrogens is 274 g/mol. The summed E-state index contributed by atoms with van der Waals surface area (Å²) in [4.78, 5) is 16.6. The Kier molecular flexibility index (Phi) is 5.90. The van der Waals surface area contributed by atoms with Crippen molar-refractivity contribution in [1.82, 2.24) is 0 Å². The quantitative estimate of drug-likeness (QED) is 0.603. The number of hydrogen-bond donors (Lipinski definition) is 0. The van der Waals surface area contributed by atoms with Crippen LogP contribution in [0.15, 0.2) is 59.6 Å². The molecule has 0 bridgehead atoms. The molecule has 2 aromatic carbocycles. The molecule has 0 amide bonds. The highest BCUT2D eigenvalue weighted by Crippen LogP contribution is 2.10. The standard InChI is InChI=1S/C19H21NO2/c1-3-22-19(21)18(13-16-10-5-4-6-11-16)20-14-17-12-8-7-9-15(17)2/h4-12,14,18H,3,13H2,1-2H3/t18-/m0/s1. The van der Waals surface area contributed by atoms with Crippen molar-refractivity contribution >= 4 is 12.2 Å². The number of aliphatic imine (C=N–C) groups is 1. The lowest BCUT2D eigenvalue weighted by molar-refractivity contribution is -0.144. The summed E-state index contributed by atoms with van der Waals surface area (Å²) in [6, 6.07) is 17.3. The monoisotopic (exact) mass is 295 g/mol. The number of ether oxygens (including phenoxy) is 1. The Balaban J connectivity index is 2.17. The maximum Gasteiger partial charge on any atom is 0.331 e. The summed E-state index contributed by atoms with van der Waals surface area (Å²) in [5.41, 5.74) is 3.22. The van der Waals surface area contributed by atoms with Crippen molar-refractivity contribution in [2.45, 2.75) is 26.3 Å². The van der Waals surface area contributed by atoms with E-state index in [2.05, 4.69) is 4.99 Å². The molecule has 22 heavy (non-hydrogen) atoms. The maximum atomic E-state index is 12.1. The minimum atomic E-state index is -0.512. The first-order valence-electron chi connectivity index (χ1n) is 7.50. The van der Waals surface area contributed by atoms with Crippen molar-refractivity contribution in [2.24, 2.45) is 4.99 Å². The fourth-order valence-electron chi connectivity index (χ4n) is 2.17. The predicted octanol–water partition coefficient (Wildman–Crippen LogP) is 3.59. The van der Waals surface area contributed by atoms with E-state index in [1.165, 1.54) is 0 Å². The van der Waals surface area contributed by atoms with Gasteiger partial charge in [0.2, 0.25) is 0 Å². The zero-order valence-electron chi connectivity index (χ0n) is 13.0. The summed E-state index contributed by atoms with van der Waals surface area (Å²) < 4.78 is 5.14. The van der Waals surface area contributed by atoms with Gasteiger partial charge in [0.15, 0.2) is 6.04 Å². The van der Waals surface area contributed by atoms with Crippen LogP contribution in [0.5, 0.6) is 0 Å². The lowest BCUT2D eigenvalue weighted by Gasteiger charge is -2.11. The van der Waals surface area contributed by atoms with E-state index in [0.717, 1.165) is 16.7 Å². The van der Waals surface area contributed by atoms with Crippen LogP contribution in [-0.2, 0) is 16.0 Å². The van der Waals surface area contributed by atoms with E-state index in [0.29, 0.717) is 13.0 Å². The van der Waals surface area contributed by atoms with Gasteiger partial charge in [0.1, 0.15) is 0 Å². The van der Waals surface area contributed by atoms with Crippen LogP contribution in [0.25, 0.3) is 0 Å². The van der Waals surface area contributed by atoms with Crippen LogP contribution in [0.1, 0.15) is 23.6 Å². The minimum absolute atomic E-state index is 0.281. The first-order valence-corrected chi connectivity index (χ1v) is 7.50. The van der Waals surface area contributed by atoms with Gasteiger partial charge in [0, 0.05) is 12.6 Å². The molecule has 0 fully saturated rings. The Morgan fingerprint density at radius 2 is 1.82 bits per heavy atom. The lowest BCUT2D eigenvalue weighted by atomic mass is 10.1. The molecule has 0 heterocycles. The molecule has 0 spiro atoms. The molecule has 0 aliphatic rings. The van der Waals surface area contributed by atoms with Crippen LogP contribution in [0.4, 0.5) is 0 Å². The van der Waals surface area contributed by atoms with Gasteiger partial charge in [-0.25, -0.2) is 4.79 Å². The van der Waals surface area contributed by atoms with Crippen LogP contribution in [0.3, 0.4) is 0 Å². The molecule has 0 saturated carbocycles. The van der Waals surface area contributed by atoms with Crippen LogP contribution in [0.2, 0.25) is 0 Å². The molecule has 3 nitrogen and oxygen atoms in total. The fourth-order valence-corrected chi connectivity index (χ4v) is 2.17. The number of carbonyl (C=O) groups excluding carboxylic acids is 1. The average molecular weight is 295 g/mol. The molecular formula is C19H21NO2. The summed E-state index contributed by atoms with van der Waals surface area (Å²) in [7, 11) is 0. The van der Waals surface area contributed by atoms with Gasteiger partial charge >= 0.3 is 5.97 Å². The van der Waals surface area contributed by atoms with E-state index < -0.39 is 6.04 Å². The summed E-state index contributed by atoms with van der Waals surface area (Å²) in [5, 5.41) is 0. The van der Waals surface area contributed by atoms with Gasteiger partial charge < -0.3 is 4.74 Å². The fraction of sp³-hybridized carbons (Fsp3) is 0.263. The number of carbonyl (C=O) groups is 1. The SMILES string of the molecule is CCOC(=O)[C@H](Cc1ccccc1)N=Cc1ccccc1C. The van der Waals surface area contributed by atoms with Crippen molar-refractivity contribution in [2.75, 3.05) is 6.61 Å². The largest absolute Gasteiger partial charge is 0.464 e. The predicted molar refractivity (Wildman–Crippen MR) is 89.3 cm³/mol. The van der Waals surface area contributed by atoms with E-state index in [1.54, 1.807) is 6.21 Å². The Morgan fingerprint density at radius 1 is 1.14 bits per heavy atom. The second-order valence-corrected chi connectivity index (χ2v) is 5.09. The third kappa shape index (κ3) is 4.55. The number of hydrogen-bond acceptors (Lipinski definition) is 3. The summed E-state index contributed by atoms with van der Waals surface area (Å²) in [6.45, 7) is 4.20. The normalized spacial score (nSPS) is 12.3. The van der Waals surface area contributed by atoms with E-state index in [-0.39, 0.29) is 5.97 Å². The number of esters is 1. The zero-order valence-corrected chi connectivity index (χ0v) is 13.0. The topological polar surface area (TPSA) is 38.7 Å². The molecule has 114 valence electrons. The van der Waals surface area contributed by atoms with Gasteiger partial charge in [0.25, 0.3) is 0 Å². The van der Waals surface area contributed by atoms with Crippen molar-refractivity contribution in [3.8, 4) is 0 Å². The Bertz CT molecular complexity index is 635. The van der Waals surface area contributed by atoms with E-state index in [1.807, 2.05) is 68.4 Å². The highest BCUT2D eigenvalue weighted by Gasteiger charge is 2.18. The van der Waals surface area contributed by atoms with Crippen LogP contribution in [0, 0.1) is 6.92 Å². The minimum Gasteiger partial charge on any atom is -0.464 e. The summed E-state index contributed by atoms with van der Waals surface area (Å²) in [6.07, 6.45) is 2.31. The molecule has 0 N–H and O–H groups in total. The van der Waals surface area contributed by atoms with Crippen LogP contribution >= 0.6 is 0 Å². The molecule has 0 saturated heterocycles. The van der Waals surface area contributed by atoms with Gasteiger partial charge in [-0.05, 0) is 30.5 Å². The van der Waals surface area contributed by atoms with Crippen molar-refractivity contribution in [3.63, 3.8) is 0 Å². The Labute approximate surface area is 131 Å². The third-order valence-corrected chi connectivity index (χ3v) is 3.41. The van der Waals surface area contributed by atoms with Gasteiger partial charge in [-0.2, -0.15) is 0 Å². The smallest absolute Gasteiger partial charge is 0.331 e. The second kappa shape index (κ2) is 8.13. The summed E-state index contributed by atoms with van der Waals surface area (Å²) >= 11 is 0. The third-order valence-electron chi connectivity index (χ3n) is 3.41. The van der Waals surface area contributed by atoms with Crippen molar-refractivity contribution in [1.29, 1.82) is 0 Å². The average Bonchev–Trinajstić information content (AvgIpc) is 2.54. The first-order chi connectivity index (χ1) is 10.7. The molecule has 2 aromatic rings. The van der Waals surface area contributed by atoms with Gasteiger partial charge in [-0.15, -0.1) is 0 Å². The van der Waals surface area contributed by atoms with Crippen LogP contribution < -0.4 is 0 Å². The van der Waals surface area contributed by atoms with Crippen molar-refractivity contribution < 1.29 is 9.53 Å². The van der Waals surface area contributed by atoms with Crippen molar-refractivity contribution in [3.05, 3.63) is 71.3 Å². The maximum absolute atomic E-state index is 12.1. The van der Waals surface area contributed by atoms with Gasteiger partial charge in [-0.3, -0.25) is 4.99 Å². The zero-order chi connectivity index (χ0) is 15.8. The van der Waals surface area contributed by atoms with Gasteiger partial charge in [0.05, 0.1) is 6.61 Å². The van der Waals surface area contributed by atoms with E-state index >= 15 is 0 Å². The molecule has 0 unspecified atom stereocenters. The highest BCUT2D eigenvalue weighted by molar-refractivity contribution is 5.85. The molecule has 0 aromatic heterocycles. The second-order valence-electron chi connectivity index (χ2n) is 5.09. The summed E-state index contributed by atoms with van der Waals surface area (Å²) in [5.74, 6) is -0.281. The number of nitrogens with zero attached hydrogens (tertiary/aromatic N) is 1. The van der Waals surface area contributed by atoms with E-state index in [4.69, 9.17) is 4.74 Å². The highest BCUT2D eigenvalue weighted by atomic mass is 16.5. The first kappa shape index (κ1) is 16.0. The molecule has 3 heteroatoms. The Hall–Kier alpha value is -2.42. The number of aryl methyl sites for hydroxylation is 1. The Morgan fingerprint density at radius 3 is 2.50 bits per heavy atom. The molecule has 1 atom stereocenters. The molecule has 0 radical (unpaired) electrons. The van der Waals surface area contributed by atoms with Gasteiger partial charge in [-0.1, -0.05) is 54.6 Å². The van der Waals surface area contributed by atoms with Crippen LogP contribution in [-0.4, -0.2) is 24.8 Å². The number of benzene rings is 2. The number of rotatable bonds is 6. The molecule has 0 aliphatic carbocycles. The molecule has 0 aliphatic heterocycles. The molecule has 2 rings (SSSR count). The lowest BCUT2D eigenvalue weighted by Crippen LogP contribution is -2.24. The van der Waals surface area contributed by atoms with E-state index in [9.17, 15) is 4.79 Å².